The van der Waals surface area contributed by atoms with E-state index in [9.17, 15) is 0 Å². The highest BCUT2D eigenvalue weighted by Crippen LogP contribution is 2.25. The van der Waals surface area contributed by atoms with Crippen molar-refractivity contribution in [3.05, 3.63) is 29.3 Å². The minimum atomic E-state index is 0.598. The molecule has 1 aromatic carbocycles. The van der Waals surface area contributed by atoms with Crippen LogP contribution in [-0.4, -0.2) is 11.0 Å². The summed E-state index contributed by atoms with van der Waals surface area (Å²) < 4.78 is 5.83. The van der Waals surface area contributed by atoms with E-state index in [1.165, 1.54) is 27.8 Å². The molecule has 0 aliphatic rings. The Bertz CT molecular complexity index is 334. The van der Waals surface area contributed by atoms with Crippen molar-refractivity contribution >= 4 is 28.4 Å². The number of benzene rings is 1. The molecule has 0 fully saturated rings. The van der Waals surface area contributed by atoms with E-state index >= 15 is 0 Å². The highest BCUT2D eigenvalue weighted by Gasteiger charge is 2.05. The van der Waals surface area contributed by atoms with Gasteiger partial charge in [0.1, 0.15) is 0 Å². The summed E-state index contributed by atoms with van der Waals surface area (Å²) in [5.74, 6) is 0. The predicted octanol–water partition coefficient (Wildman–Crippen LogP) is 3.72. The topological polar surface area (TPSA) is 9.23 Å². The van der Waals surface area contributed by atoms with E-state index < -0.39 is 0 Å². The van der Waals surface area contributed by atoms with Gasteiger partial charge in [-0.3, -0.25) is 0 Å². The lowest BCUT2D eigenvalue weighted by Crippen LogP contribution is -1.96. The third-order valence-electron chi connectivity index (χ3n) is 2.01. The second kappa shape index (κ2) is 5.37. The molecule has 76 valence electrons. The van der Waals surface area contributed by atoms with Gasteiger partial charge in [0.05, 0.1) is 6.61 Å². The highest BCUT2D eigenvalue weighted by molar-refractivity contribution is 8.22. The van der Waals surface area contributed by atoms with Gasteiger partial charge in [0.2, 0.25) is 4.38 Å². The maximum absolute atomic E-state index is 5.24. The van der Waals surface area contributed by atoms with Gasteiger partial charge in [-0.2, -0.15) is 0 Å². The lowest BCUT2D eigenvalue weighted by atomic mass is 10.1. The van der Waals surface area contributed by atoms with Crippen LogP contribution in [0.25, 0.3) is 0 Å². The number of rotatable bonds is 2. The highest BCUT2D eigenvalue weighted by atomic mass is 32.2. The molecule has 0 spiro atoms. The average molecular weight is 226 g/mol. The van der Waals surface area contributed by atoms with E-state index in [0.29, 0.717) is 11.0 Å². The molecule has 0 saturated carbocycles. The van der Waals surface area contributed by atoms with E-state index in [0.717, 1.165) is 0 Å². The zero-order valence-corrected chi connectivity index (χ0v) is 10.3. The molecule has 0 N–H and O–H groups in total. The molecule has 0 heterocycles. The van der Waals surface area contributed by atoms with Crippen LogP contribution in [0, 0.1) is 13.8 Å². The Balaban J connectivity index is 2.76. The monoisotopic (exact) mass is 226 g/mol. The quantitative estimate of drug-likeness (QED) is 0.562. The van der Waals surface area contributed by atoms with Crippen LogP contribution in [0.5, 0.6) is 0 Å². The molecule has 0 atom stereocenters. The van der Waals surface area contributed by atoms with Crippen molar-refractivity contribution in [3.8, 4) is 0 Å². The normalized spacial score (nSPS) is 9.93. The van der Waals surface area contributed by atoms with Crippen molar-refractivity contribution in [2.75, 3.05) is 6.61 Å². The molecule has 0 aromatic heterocycles. The maximum atomic E-state index is 5.24. The Hall–Kier alpha value is -0.540. The van der Waals surface area contributed by atoms with Crippen LogP contribution in [0.3, 0.4) is 0 Å². The minimum absolute atomic E-state index is 0.598. The Morgan fingerprint density at radius 3 is 2.79 bits per heavy atom. The first-order valence-corrected chi connectivity index (χ1v) is 5.78. The zero-order chi connectivity index (χ0) is 10.6. The molecule has 1 rings (SSSR count). The van der Waals surface area contributed by atoms with Crippen molar-refractivity contribution in [1.29, 1.82) is 0 Å². The summed E-state index contributed by atoms with van der Waals surface area (Å²) >= 11 is 6.60. The largest absolute Gasteiger partial charge is 0.479 e. The first-order chi connectivity index (χ1) is 6.65. The molecule has 0 aliphatic carbocycles. The van der Waals surface area contributed by atoms with Gasteiger partial charge in [0.25, 0.3) is 0 Å². The summed E-state index contributed by atoms with van der Waals surface area (Å²) in [4.78, 5) is 1.18. The predicted molar refractivity (Wildman–Crippen MR) is 66.0 cm³/mol. The van der Waals surface area contributed by atoms with Crippen LogP contribution in [0.1, 0.15) is 18.1 Å². The van der Waals surface area contributed by atoms with Gasteiger partial charge < -0.3 is 4.74 Å². The standard InChI is InChI=1S/C11H14OS2/c1-4-12-11(13)14-10-7-5-6-8(2)9(10)3/h5-7H,4H2,1-3H3. The average Bonchev–Trinajstić information content (AvgIpc) is 2.13. The van der Waals surface area contributed by atoms with Gasteiger partial charge in [-0.25, -0.2) is 0 Å². The van der Waals surface area contributed by atoms with Crippen LogP contribution in [0.2, 0.25) is 0 Å². The van der Waals surface area contributed by atoms with E-state index in [1.54, 1.807) is 0 Å². The fourth-order valence-electron chi connectivity index (χ4n) is 1.07. The van der Waals surface area contributed by atoms with Crippen LogP contribution >= 0.6 is 24.0 Å². The molecule has 0 saturated heterocycles. The first-order valence-electron chi connectivity index (χ1n) is 4.56. The van der Waals surface area contributed by atoms with Crippen molar-refractivity contribution in [3.63, 3.8) is 0 Å². The Morgan fingerprint density at radius 2 is 2.14 bits per heavy atom. The second-order valence-corrected chi connectivity index (χ2v) is 4.63. The SMILES string of the molecule is CCOC(=S)Sc1cccc(C)c1C. The van der Waals surface area contributed by atoms with Crippen molar-refractivity contribution in [1.82, 2.24) is 0 Å². The molecule has 0 radical (unpaired) electrons. The molecule has 1 aromatic rings. The van der Waals surface area contributed by atoms with Gasteiger partial charge >= 0.3 is 0 Å². The summed E-state index contributed by atoms with van der Waals surface area (Å²) in [7, 11) is 0. The van der Waals surface area contributed by atoms with Gasteiger partial charge in [0, 0.05) is 4.90 Å². The summed E-state index contributed by atoms with van der Waals surface area (Å²) in [6.07, 6.45) is 0. The van der Waals surface area contributed by atoms with Crippen LogP contribution in [0.15, 0.2) is 23.1 Å². The molecule has 0 aliphatic heterocycles. The number of aryl methyl sites for hydroxylation is 1. The smallest absolute Gasteiger partial charge is 0.224 e. The Kier molecular flexibility index (Phi) is 4.42. The van der Waals surface area contributed by atoms with E-state index in [1.807, 2.05) is 13.0 Å². The summed E-state index contributed by atoms with van der Waals surface area (Å²) in [6.45, 7) is 6.78. The number of thioether (sulfide) groups is 1. The molecular weight excluding hydrogens is 212 g/mol. The van der Waals surface area contributed by atoms with Gasteiger partial charge in [-0.1, -0.05) is 12.1 Å². The van der Waals surface area contributed by atoms with Gasteiger partial charge in [0.15, 0.2) is 0 Å². The number of thiocarbonyl (C=S) groups is 1. The number of ether oxygens (including phenoxy) is 1. The summed E-state index contributed by atoms with van der Waals surface area (Å²) in [6, 6.07) is 6.21. The fraction of sp³-hybridized carbons (Fsp3) is 0.364. The fourth-order valence-corrected chi connectivity index (χ4v) is 2.28. The second-order valence-electron chi connectivity index (χ2n) is 2.98. The molecule has 0 amide bonds. The molecule has 0 unspecified atom stereocenters. The first kappa shape index (κ1) is 11.5. The molecule has 0 bridgehead atoms. The van der Waals surface area contributed by atoms with E-state index in [-0.39, 0.29) is 0 Å². The molecular formula is C11H14OS2. The van der Waals surface area contributed by atoms with Crippen LogP contribution in [-0.2, 0) is 4.74 Å². The number of hydrogen-bond donors (Lipinski definition) is 0. The molecule has 1 nitrogen and oxygen atoms in total. The minimum Gasteiger partial charge on any atom is -0.479 e. The number of hydrogen-bond acceptors (Lipinski definition) is 3. The summed E-state index contributed by atoms with van der Waals surface area (Å²) in [5.41, 5.74) is 2.56. The van der Waals surface area contributed by atoms with Crippen molar-refractivity contribution in [2.45, 2.75) is 25.7 Å². The van der Waals surface area contributed by atoms with Crippen LogP contribution in [0.4, 0.5) is 0 Å². The maximum Gasteiger partial charge on any atom is 0.224 e. The van der Waals surface area contributed by atoms with Crippen molar-refractivity contribution in [2.24, 2.45) is 0 Å². The lowest BCUT2D eigenvalue weighted by molar-refractivity contribution is 0.346. The third-order valence-corrected chi connectivity index (χ3v) is 3.32. The summed E-state index contributed by atoms with van der Waals surface area (Å²) in [5, 5.41) is 0. The zero-order valence-electron chi connectivity index (χ0n) is 8.66. The Morgan fingerprint density at radius 1 is 1.43 bits per heavy atom. The molecule has 3 heteroatoms. The van der Waals surface area contributed by atoms with Crippen LogP contribution < -0.4 is 0 Å². The van der Waals surface area contributed by atoms with E-state index in [2.05, 4.69) is 26.0 Å². The Labute approximate surface area is 94.9 Å². The molecule has 14 heavy (non-hydrogen) atoms. The third kappa shape index (κ3) is 3.00. The van der Waals surface area contributed by atoms with E-state index in [4.69, 9.17) is 17.0 Å². The lowest BCUT2D eigenvalue weighted by Gasteiger charge is -2.08. The van der Waals surface area contributed by atoms with Crippen molar-refractivity contribution < 1.29 is 4.74 Å². The van der Waals surface area contributed by atoms with Gasteiger partial charge in [-0.05, 0) is 61.9 Å². The van der Waals surface area contributed by atoms with Gasteiger partial charge in [-0.15, -0.1) is 0 Å².